The van der Waals surface area contributed by atoms with E-state index in [-0.39, 0.29) is 11.3 Å². The van der Waals surface area contributed by atoms with E-state index in [1.165, 1.54) is 19.1 Å². The largest absolute Gasteiger partial charge is 0.465 e. The second-order valence-electron chi connectivity index (χ2n) is 7.01. The van der Waals surface area contributed by atoms with Crippen molar-refractivity contribution in [2.45, 2.75) is 44.9 Å². The van der Waals surface area contributed by atoms with Gasteiger partial charge in [0.05, 0.1) is 12.7 Å². The third-order valence-electron chi connectivity index (χ3n) is 5.58. The second kappa shape index (κ2) is 7.36. The molecule has 1 saturated carbocycles. The van der Waals surface area contributed by atoms with E-state index in [0.717, 1.165) is 18.5 Å². The molecule has 1 fully saturated rings. The molecular formula is C21H26N2O3. The van der Waals surface area contributed by atoms with Crippen molar-refractivity contribution in [2.75, 3.05) is 13.7 Å². The lowest BCUT2D eigenvalue weighted by Crippen LogP contribution is -2.45. The Kier molecular flexibility index (Phi) is 5.16. The van der Waals surface area contributed by atoms with Gasteiger partial charge in [-0.1, -0.05) is 43.7 Å². The first-order valence-electron chi connectivity index (χ1n) is 9.16. The summed E-state index contributed by atoms with van der Waals surface area (Å²) in [6, 6.07) is 10.4. The average molecular weight is 354 g/mol. The fourth-order valence-electron chi connectivity index (χ4n) is 3.83. The minimum atomic E-state index is -0.408. The van der Waals surface area contributed by atoms with Crippen molar-refractivity contribution >= 4 is 11.9 Å². The molecule has 1 aromatic heterocycles. The van der Waals surface area contributed by atoms with Gasteiger partial charge in [0.1, 0.15) is 5.69 Å². The van der Waals surface area contributed by atoms with E-state index in [0.29, 0.717) is 29.8 Å². The fourth-order valence-corrected chi connectivity index (χ4v) is 3.83. The van der Waals surface area contributed by atoms with Gasteiger partial charge in [-0.2, -0.15) is 0 Å². The number of benzene rings is 1. The van der Waals surface area contributed by atoms with Gasteiger partial charge in [-0.05, 0) is 37.3 Å². The Balaban J connectivity index is 1.79. The number of esters is 1. The molecule has 1 aromatic carbocycles. The molecular weight excluding hydrogens is 328 g/mol. The quantitative estimate of drug-likeness (QED) is 0.780. The van der Waals surface area contributed by atoms with Crippen LogP contribution >= 0.6 is 0 Å². The number of hydrogen-bond acceptors (Lipinski definition) is 3. The van der Waals surface area contributed by atoms with Crippen LogP contribution < -0.4 is 5.32 Å². The fraction of sp³-hybridized carbons (Fsp3) is 0.429. The van der Waals surface area contributed by atoms with Crippen LogP contribution in [-0.2, 0) is 16.6 Å². The maximum Gasteiger partial charge on any atom is 0.339 e. The third kappa shape index (κ3) is 3.14. The maximum absolute atomic E-state index is 12.8. The monoisotopic (exact) mass is 354 g/mol. The summed E-state index contributed by atoms with van der Waals surface area (Å²) in [5.74, 6) is -0.580. The molecule has 0 saturated heterocycles. The summed E-state index contributed by atoms with van der Waals surface area (Å²) in [4.78, 5) is 27.9. The van der Waals surface area contributed by atoms with Gasteiger partial charge in [0.2, 0.25) is 0 Å². The number of amides is 1. The molecule has 0 bridgehead atoms. The van der Waals surface area contributed by atoms with Crippen LogP contribution in [0.1, 0.15) is 63.9 Å². The summed E-state index contributed by atoms with van der Waals surface area (Å²) >= 11 is 0. The Bertz CT molecular complexity index is 804. The van der Waals surface area contributed by atoms with Crippen molar-refractivity contribution in [3.05, 3.63) is 58.4 Å². The molecule has 0 atom stereocenters. The molecule has 1 aliphatic carbocycles. The summed E-state index contributed by atoms with van der Waals surface area (Å²) < 4.78 is 4.86. The number of H-pyrrole nitrogens is 1. The molecule has 2 N–H and O–H groups in total. The standard InChI is InChI=1S/C21H26N2O3/c1-4-16-17(20(25)26-3)14(2)18(23-16)19(24)22-13-21(11-8-12-21)15-9-6-5-7-10-15/h5-7,9-10,23H,4,8,11-13H2,1-3H3,(H,22,24). The predicted octanol–water partition coefficient (Wildman–Crippen LogP) is 3.52. The van der Waals surface area contributed by atoms with E-state index in [1.54, 1.807) is 6.92 Å². The number of aromatic amines is 1. The van der Waals surface area contributed by atoms with Crippen LogP contribution in [0.2, 0.25) is 0 Å². The third-order valence-corrected chi connectivity index (χ3v) is 5.58. The van der Waals surface area contributed by atoms with E-state index in [2.05, 4.69) is 22.4 Å². The smallest absolute Gasteiger partial charge is 0.339 e. The van der Waals surface area contributed by atoms with E-state index < -0.39 is 5.97 Å². The van der Waals surface area contributed by atoms with Crippen LogP contribution in [0.15, 0.2) is 30.3 Å². The summed E-state index contributed by atoms with van der Waals surface area (Å²) in [5.41, 5.74) is 3.61. The number of aromatic nitrogens is 1. The van der Waals surface area contributed by atoms with Gasteiger partial charge in [-0.15, -0.1) is 0 Å². The highest BCUT2D eigenvalue weighted by Gasteiger charge is 2.39. The predicted molar refractivity (Wildman–Crippen MR) is 101 cm³/mol. The van der Waals surface area contributed by atoms with Gasteiger partial charge < -0.3 is 15.0 Å². The first-order valence-corrected chi connectivity index (χ1v) is 9.16. The lowest BCUT2D eigenvalue weighted by Gasteiger charge is -2.42. The molecule has 5 heteroatoms. The molecule has 0 spiro atoms. The maximum atomic E-state index is 12.8. The van der Waals surface area contributed by atoms with Gasteiger partial charge in [0, 0.05) is 17.7 Å². The van der Waals surface area contributed by atoms with Gasteiger partial charge in [0.25, 0.3) is 5.91 Å². The van der Waals surface area contributed by atoms with Crippen molar-refractivity contribution in [2.24, 2.45) is 0 Å². The molecule has 1 aliphatic rings. The van der Waals surface area contributed by atoms with Crippen molar-refractivity contribution in [3.63, 3.8) is 0 Å². The molecule has 2 aromatic rings. The van der Waals surface area contributed by atoms with Gasteiger partial charge in [-0.3, -0.25) is 4.79 Å². The molecule has 26 heavy (non-hydrogen) atoms. The average Bonchev–Trinajstić information content (AvgIpc) is 2.97. The summed E-state index contributed by atoms with van der Waals surface area (Å²) in [7, 11) is 1.36. The minimum Gasteiger partial charge on any atom is -0.465 e. The Labute approximate surface area is 154 Å². The molecule has 1 heterocycles. The van der Waals surface area contributed by atoms with E-state index in [4.69, 9.17) is 4.74 Å². The number of nitrogens with one attached hydrogen (secondary N) is 2. The zero-order chi connectivity index (χ0) is 18.7. The van der Waals surface area contributed by atoms with Gasteiger partial charge >= 0.3 is 5.97 Å². The first-order chi connectivity index (χ1) is 12.5. The Morgan fingerprint density at radius 1 is 1.23 bits per heavy atom. The molecule has 3 rings (SSSR count). The zero-order valence-electron chi connectivity index (χ0n) is 15.6. The summed E-state index contributed by atoms with van der Waals surface area (Å²) in [6.07, 6.45) is 3.97. The highest BCUT2D eigenvalue weighted by Crippen LogP contribution is 2.43. The molecule has 0 aliphatic heterocycles. The molecule has 138 valence electrons. The van der Waals surface area contributed by atoms with Crippen molar-refractivity contribution in [1.29, 1.82) is 0 Å². The van der Waals surface area contributed by atoms with Crippen molar-refractivity contribution in [1.82, 2.24) is 10.3 Å². The lowest BCUT2D eigenvalue weighted by atomic mass is 9.64. The SMILES string of the molecule is CCc1[nH]c(C(=O)NCC2(c3ccccc3)CCC2)c(C)c1C(=O)OC. The molecule has 1 amide bonds. The summed E-state index contributed by atoms with van der Waals surface area (Å²) in [6.45, 7) is 4.33. The van der Waals surface area contributed by atoms with Crippen molar-refractivity contribution in [3.8, 4) is 0 Å². The minimum absolute atomic E-state index is 0.0240. The Hall–Kier alpha value is -2.56. The van der Waals surface area contributed by atoms with E-state index in [1.807, 2.05) is 25.1 Å². The Morgan fingerprint density at radius 2 is 1.92 bits per heavy atom. The normalized spacial score (nSPS) is 15.2. The summed E-state index contributed by atoms with van der Waals surface area (Å²) in [5, 5.41) is 3.08. The highest BCUT2D eigenvalue weighted by molar-refractivity contribution is 6.00. The number of methoxy groups -OCH3 is 1. The topological polar surface area (TPSA) is 71.2 Å². The Morgan fingerprint density at radius 3 is 2.46 bits per heavy atom. The number of hydrogen-bond donors (Lipinski definition) is 2. The number of carbonyl (C=O) groups excluding carboxylic acids is 2. The number of aryl methyl sites for hydroxylation is 1. The number of rotatable bonds is 6. The molecule has 0 unspecified atom stereocenters. The second-order valence-corrected chi connectivity index (χ2v) is 7.01. The molecule has 0 radical (unpaired) electrons. The van der Waals surface area contributed by atoms with Gasteiger partial charge in [-0.25, -0.2) is 4.79 Å². The lowest BCUT2D eigenvalue weighted by molar-refractivity contribution is 0.0599. The molecule has 5 nitrogen and oxygen atoms in total. The zero-order valence-corrected chi connectivity index (χ0v) is 15.6. The van der Waals surface area contributed by atoms with Crippen LogP contribution in [0, 0.1) is 6.92 Å². The van der Waals surface area contributed by atoms with Crippen LogP contribution in [0.5, 0.6) is 0 Å². The number of carbonyl (C=O) groups is 2. The van der Waals surface area contributed by atoms with Gasteiger partial charge in [0.15, 0.2) is 0 Å². The van der Waals surface area contributed by atoms with Crippen LogP contribution in [0.4, 0.5) is 0 Å². The van der Waals surface area contributed by atoms with E-state index in [9.17, 15) is 9.59 Å². The van der Waals surface area contributed by atoms with Crippen LogP contribution in [-0.4, -0.2) is 30.5 Å². The van der Waals surface area contributed by atoms with Crippen molar-refractivity contribution < 1.29 is 14.3 Å². The van der Waals surface area contributed by atoms with Crippen LogP contribution in [0.25, 0.3) is 0 Å². The van der Waals surface area contributed by atoms with E-state index >= 15 is 0 Å². The highest BCUT2D eigenvalue weighted by atomic mass is 16.5. The van der Waals surface area contributed by atoms with Crippen LogP contribution in [0.3, 0.4) is 0 Å². The number of ether oxygens (including phenoxy) is 1. The first kappa shape index (κ1) is 18.2.